The van der Waals surface area contributed by atoms with Gasteiger partial charge in [0.15, 0.2) is 5.65 Å². The van der Waals surface area contributed by atoms with Crippen molar-refractivity contribution in [1.82, 2.24) is 29.8 Å². The van der Waals surface area contributed by atoms with Gasteiger partial charge in [-0.2, -0.15) is 5.10 Å². The normalized spacial score (nSPS) is 11.6. The van der Waals surface area contributed by atoms with Crippen LogP contribution in [-0.4, -0.2) is 47.9 Å². The smallest absolute Gasteiger partial charge is 0.341 e. The van der Waals surface area contributed by atoms with E-state index in [1.54, 1.807) is 12.4 Å². The van der Waals surface area contributed by atoms with Crippen LogP contribution in [0.25, 0.3) is 16.7 Å². The van der Waals surface area contributed by atoms with Crippen molar-refractivity contribution >= 4 is 22.6 Å². The van der Waals surface area contributed by atoms with Crippen LogP contribution in [0.15, 0.2) is 41.4 Å². The van der Waals surface area contributed by atoms with E-state index in [1.807, 2.05) is 25.2 Å². The largest absolute Gasteiger partial charge is 0.477 e. The van der Waals surface area contributed by atoms with Gasteiger partial charge < -0.3 is 5.11 Å². The zero-order valence-corrected chi connectivity index (χ0v) is 13.3. The maximum Gasteiger partial charge on any atom is 0.341 e. The van der Waals surface area contributed by atoms with Crippen LogP contribution in [0.4, 0.5) is 0 Å². The highest BCUT2D eigenvalue weighted by Crippen LogP contribution is 2.15. The predicted molar refractivity (Wildman–Crippen MR) is 86.9 cm³/mol. The molecule has 3 aromatic heterocycles. The van der Waals surface area contributed by atoms with E-state index in [0.717, 1.165) is 22.2 Å². The number of rotatable bonds is 5. The molecule has 9 heteroatoms. The fourth-order valence-corrected chi connectivity index (χ4v) is 2.75. The molecule has 0 aliphatic carbocycles. The number of hydrogen-bond acceptors (Lipinski definition) is 7. The van der Waals surface area contributed by atoms with Crippen LogP contribution in [0.2, 0.25) is 0 Å². The molecule has 1 aromatic carbocycles. The maximum absolute atomic E-state index is 11.1. The fourth-order valence-electron chi connectivity index (χ4n) is 2.75. The summed E-state index contributed by atoms with van der Waals surface area (Å²) in [7, 11) is 1.99. The van der Waals surface area contributed by atoms with Crippen LogP contribution in [0.5, 0.6) is 0 Å². The van der Waals surface area contributed by atoms with Crippen LogP contribution in [0, 0.1) is 0 Å². The van der Waals surface area contributed by atoms with Crippen LogP contribution in [0.3, 0.4) is 0 Å². The Hall–Kier alpha value is -3.33. The van der Waals surface area contributed by atoms with Crippen molar-refractivity contribution in [2.45, 2.75) is 13.1 Å². The number of carboxylic acids is 1. The Balaban J connectivity index is 1.50. The number of carboxylic acid groups (broad SMARTS) is 1. The third kappa shape index (κ3) is 2.92. The van der Waals surface area contributed by atoms with Crippen LogP contribution < -0.4 is 0 Å². The topological polar surface area (TPSA) is 110 Å². The Morgan fingerprint density at radius 1 is 1.20 bits per heavy atom. The Bertz CT molecular complexity index is 1070. The molecule has 0 aliphatic rings. The number of benzene rings is 1. The summed E-state index contributed by atoms with van der Waals surface area (Å²) in [6.45, 7) is 1.35. The average Bonchev–Trinajstić information content (AvgIpc) is 3.20. The van der Waals surface area contributed by atoms with Crippen LogP contribution in [0.1, 0.15) is 21.5 Å². The minimum absolute atomic E-state index is 0.0921. The molecule has 0 amide bonds. The van der Waals surface area contributed by atoms with Crippen LogP contribution in [-0.2, 0) is 13.1 Å². The SMILES string of the molecule is CN(Cc1ccc2nonc2c1)Cc1cnc2c(C(=O)O)cnn2c1. The van der Waals surface area contributed by atoms with Gasteiger partial charge in [0.1, 0.15) is 16.6 Å². The van der Waals surface area contributed by atoms with Crippen molar-refractivity contribution < 1.29 is 14.5 Å². The van der Waals surface area contributed by atoms with Gasteiger partial charge >= 0.3 is 5.97 Å². The Labute approximate surface area is 141 Å². The molecule has 0 bridgehead atoms. The van der Waals surface area contributed by atoms with Crippen molar-refractivity contribution in [3.05, 3.63) is 53.5 Å². The van der Waals surface area contributed by atoms with Gasteiger partial charge in [-0.05, 0) is 35.1 Å². The second-order valence-electron chi connectivity index (χ2n) is 5.85. The summed E-state index contributed by atoms with van der Waals surface area (Å²) in [6.07, 6.45) is 4.76. The first-order chi connectivity index (χ1) is 12.1. The van der Waals surface area contributed by atoms with Gasteiger partial charge in [0.2, 0.25) is 0 Å². The molecule has 0 atom stereocenters. The van der Waals surface area contributed by atoms with E-state index in [2.05, 4.69) is 25.3 Å². The first-order valence-electron chi connectivity index (χ1n) is 7.55. The van der Waals surface area contributed by atoms with Crippen LogP contribution >= 0.6 is 0 Å². The van der Waals surface area contributed by atoms with Gasteiger partial charge in [-0.1, -0.05) is 6.07 Å². The first-order valence-corrected chi connectivity index (χ1v) is 7.55. The van der Waals surface area contributed by atoms with Gasteiger partial charge in [-0.3, -0.25) is 4.90 Å². The van der Waals surface area contributed by atoms with Crippen molar-refractivity contribution in [2.24, 2.45) is 0 Å². The zero-order valence-electron chi connectivity index (χ0n) is 13.3. The standard InChI is InChI=1S/C16H14N6O3/c1-21(7-10-2-3-13-14(4-10)20-25-19-13)8-11-5-17-15-12(16(23)24)6-18-22(15)9-11/h2-6,9H,7-8H2,1H3,(H,23,24). The second kappa shape index (κ2) is 5.95. The van der Waals surface area contributed by atoms with Crippen molar-refractivity contribution in [3.8, 4) is 0 Å². The molecule has 0 radical (unpaired) electrons. The van der Waals surface area contributed by atoms with E-state index in [-0.39, 0.29) is 5.56 Å². The zero-order chi connectivity index (χ0) is 17.4. The van der Waals surface area contributed by atoms with Gasteiger partial charge in [0, 0.05) is 31.0 Å². The summed E-state index contributed by atoms with van der Waals surface area (Å²) in [6, 6.07) is 5.80. The lowest BCUT2D eigenvalue weighted by molar-refractivity contribution is 0.0698. The Kier molecular flexibility index (Phi) is 3.62. The third-order valence-electron chi connectivity index (χ3n) is 3.86. The molecule has 3 heterocycles. The molecular formula is C16H14N6O3. The Morgan fingerprint density at radius 3 is 2.84 bits per heavy atom. The lowest BCUT2D eigenvalue weighted by Crippen LogP contribution is -2.17. The van der Waals surface area contributed by atoms with E-state index >= 15 is 0 Å². The molecule has 0 fully saturated rings. The molecule has 4 aromatic rings. The highest BCUT2D eigenvalue weighted by Gasteiger charge is 2.13. The lowest BCUT2D eigenvalue weighted by Gasteiger charge is -2.16. The van der Waals surface area contributed by atoms with Gasteiger partial charge in [-0.15, -0.1) is 0 Å². The summed E-state index contributed by atoms with van der Waals surface area (Å²) in [5, 5.41) is 20.8. The molecule has 126 valence electrons. The summed E-state index contributed by atoms with van der Waals surface area (Å²) >= 11 is 0. The van der Waals surface area contributed by atoms with E-state index in [1.165, 1.54) is 10.7 Å². The van der Waals surface area contributed by atoms with E-state index in [4.69, 9.17) is 9.74 Å². The fraction of sp³-hybridized carbons (Fsp3) is 0.188. The van der Waals surface area contributed by atoms with Gasteiger partial charge in [0.25, 0.3) is 0 Å². The molecule has 0 spiro atoms. The van der Waals surface area contributed by atoms with E-state index in [0.29, 0.717) is 18.7 Å². The third-order valence-corrected chi connectivity index (χ3v) is 3.86. The maximum atomic E-state index is 11.1. The summed E-state index contributed by atoms with van der Waals surface area (Å²) in [5.41, 5.74) is 3.91. The van der Waals surface area contributed by atoms with Crippen molar-refractivity contribution in [3.63, 3.8) is 0 Å². The Morgan fingerprint density at radius 2 is 2.00 bits per heavy atom. The summed E-state index contributed by atoms with van der Waals surface area (Å²) in [4.78, 5) is 17.4. The lowest BCUT2D eigenvalue weighted by atomic mass is 10.2. The molecule has 1 N–H and O–H groups in total. The molecule has 25 heavy (non-hydrogen) atoms. The number of hydrogen-bond donors (Lipinski definition) is 1. The number of fused-ring (bicyclic) bond motifs is 2. The number of aromatic nitrogens is 5. The number of carbonyl (C=O) groups is 1. The molecule has 0 saturated carbocycles. The van der Waals surface area contributed by atoms with Crippen molar-refractivity contribution in [1.29, 1.82) is 0 Å². The summed E-state index contributed by atoms with van der Waals surface area (Å²) in [5.74, 6) is -1.04. The number of aromatic carboxylic acids is 1. The summed E-state index contributed by atoms with van der Waals surface area (Å²) < 4.78 is 6.19. The number of nitrogens with zero attached hydrogens (tertiary/aromatic N) is 6. The minimum atomic E-state index is -1.04. The highest BCUT2D eigenvalue weighted by atomic mass is 16.6. The van der Waals surface area contributed by atoms with Gasteiger partial charge in [-0.25, -0.2) is 18.9 Å². The molecular weight excluding hydrogens is 324 g/mol. The highest BCUT2D eigenvalue weighted by molar-refractivity contribution is 5.94. The first kappa shape index (κ1) is 15.2. The van der Waals surface area contributed by atoms with E-state index < -0.39 is 5.97 Å². The van der Waals surface area contributed by atoms with E-state index in [9.17, 15) is 4.79 Å². The average molecular weight is 338 g/mol. The quantitative estimate of drug-likeness (QED) is 0.584. The second-order valence-corrected chi connectivity index (χ2v) is 5.85. The molecule has 9 nitrogen and oxygen atoms in total. The molecule has 0 unspecified atom stereocenters. The van der Waals surface area contributed by atoms with Gasteiger partial charge in [0.05, 0.1) is 6.20 Å². The molecule has 0 aliphatic heterocycles. The molecule has 4 rings (SSSR count). The molecule has 0 saturated heterocycles. The monoisotopic (exact) mass is 338 g/mol. The predicted octanol–water partition coefficient (Wildman–Crippen LogP) is 1.60. The van der Waals surface area contributed by atoms with Crippen molar-refractivity contribution in [2.75, 3.05) is 7.05 Å². The minimum Gasteiger partial charge on any atom is -0.477 e.